The third kappa shape index (κ3) is 2.96. The van der Waals surface area contributed by atoms with E-state index in [1.165, 1.54) is 12.8 Å². The van der Waals surface area contributed by atoms with E-state index in [9.17, 15) is 4.79 Å². The maximum atomic E-state index is 12.4. The van der Waals surface area contributed by atoms with Crippen LogP contribution in [0, 0.1) is 0 Å². The van der Waals surface area contributed by atoms with Gasteiger partial charge >= 0.3 is 0 Å². The molecule has 2 unspecified atom stereocenters. The van der Waals surface area contributed by atoms with Crippen molar-refractivity contribution in [2.75, 3.05) is 19.7 Å². The highest BCUT2D eigenvalue weighted by atomic mass is 16.5. The molecule has 0 bridgehead atoms. The molecule has 2 atom stereocenters. The molecule has 2 saturated heterocycles. The number of nitrogens with one attached hydrogen (secondary N) is 1. The number of para-hydroxylation sites is 1. The highest BCUT2D eigenvalue weighted by Crippen LogP contribution is 2.25. The van der Waals surface area contributed by atoms with Crippen LogP contribution in [0.15, 0.2) is 30.3 Å². The minimum atomic E-state index is 0.116. The van der Waals surface area contributed by atoms with Gasteiger partial charge in [0, 0.05) is 18.6 Å². The zero-order valence-corrected chi connectivity index (χ0v) is 11.8. The highest BCUT2D eigenvalue weighted by molar-refractivity contribution is 5.78. The van der Waals surface area contributed by atoms with Crippen molar-refractivity contribution in [3.8, 4) is 5.75 Å². The topological polar surface area (TPSA) is 41.6 Å². The molecule has 0 spiro atoms. The minimum Gasteiger partial charge on any atom is -0.484 e. The summed E-state index contributed by atoms with van der Waals surface area (Å²) in [5.41, 5.74) is 0. The van der Waals surface area contributed by atoms with E-state index >= 15 is 0 Å². The number of rotatable bonds is 4. The first-order valence-electron chi connectivity index (χ1n) is 7.55. The standard InChI is InChI=1S/C16H22N2O2/c19-16(12-20-13-6-2-1-3-7-13)18-11-5-9-15(18)14-8-4-10-17-14/h1-3,6-7,14-15,17H,4-5,8-12H2. The summed E-state index contributed by atoms with van der Waals surface area (Å²) in [6.07, 6.45) is 4.65. The van der Waals surface area contributed by atoms with E-state index in [1.54, 1.807) is 0 Å². The lowest BCUT2D eigenvalue weighted by Gasteiger charge is -2.29. The Morgan fingerprint density at radius 3 is 2.85 bits per heavy atom. The van der Waals surface area contributed by atoms with E-state index in [0.29, 0.717) is 12.1 Å². The highest BCUT2D eigenvalue weighted by Gasteiger charge is 2.35. The molecule has 4 heteroatoms. The Morgan fingerprint density at radius 1 is 1.25 bits per heavy atom. The van der Waals surface area contributed by atoms with Crippen LogP contribution < -0.4 is 10.1 Å². The van der Waals surface area contributed by atoms with E-state index < -0.39 is 0 Å². The van der Waals surface area contributed by atoms with E-state index in [-0.39, 0.29) is 12.5 Å². The molecule has 1 aromatic rings. The second-order valence-electron chi connectivity index (χ2n) is 5.60. The summed E-state index contributed by atoms with van der Waals surface area (Å²) in [6.45, 7) is 2.11. The number of carbonyl (C=O) groups excluding carboxylic acids is 1. The van der Waals surface area contributed by atoms with Gasteiger partial charge in [0.25, 0.3) is 5.91 Å². The van der Waals surface area contributed by atoms with Gasteiger partial charge in [-0.2, -0.15) is 0 Å². The fourth-order valence-electron chi connectivity index (χ4n) is 3.31. The molecule has 1 N–H and O–H groups in total. The first-order valence-corrected chi connectivity index (χ1v) is 7.55. The summed E-state index contributed by atoms with van der Waals surface area (Å²) < 4.78 is 5.58. The van der Waals surface area contributed by atoms with Gasteiger partial charge in [-0.1, -0.05) is 18.2 Å². The molecule has 0 aromatic heterocycles. The molecular formula is C16H22N2O2. The van der Waals surface area contributed by atoms with Gasteiger partial charge in [0.2, 0.25) is 0 Å². The molecule has 0 saturated carbocycles. The van der Waals surface area contributed by atoms with Crippen molar-refractivity contribution in [1.82, 2.24) is 10.2 Å². The van der Waals surface area contributed by atoms with E-state index in [4.69, 9.17) is 4.74 Å². The lowest BCUT2D eigenvalue weighted by molar-refractivity contribution is -0.134. The quantitative estimate of drug-likeness (QED) is 0.910. The molecule has 2 aliphatic rings. The summed E-state index contributed by atoms with van der Waals surface area (Å²) in [6, 6.07) is 10.4. The van der Waals surface area contributed by atoms with Crippen molar-refractivity contribution < 1.29 is 9.53 Å². The molecule has 0 aliphatic carbocycles. The predicted octanol–water partition coefficient (Wildman–Crippen LogP) is 1.81. The van der Waals surface area contributed by atoms with Crippen molar-refractivity contribution in [3.05, 3.63) is 30.3 Å². The van der Waals surface area contributed by atoms with E-state index in [1.807, 2.05) is 35.2 Å². The van der Waals surface area contributed by atoms with Gasteiger partial charge in [-0.3, -0.25) is 4.79 Å². The maximum absolute atomic E-state index is 12.4. The van der Waals surface area contributed by atoms with Crippen LogP contribution in [0.5, 0.6) is 5.75 Å². The fourth-order valence-corrected chi connectivity index (χ4v) is 3.31. The third-order valence-electron chi connectivity index (χ3n) is 4.29. The number of nitrogens with zero attached hydrogens (tertiary/aromatic N) is 1. The number of carbonyl (C=O) groups is 1. The molecule has 20 heavy (non-hydrogen) atoms. The first-order chi connectivity index (χ1) is 9.84. The predicted molar refractivity (Wildman–Crippen MR) is 77.7 cm³/mol. The van der Waals surface area contributed by atoms with Gasteiger partial charge in [-0.15, -0.1) is 0 Å². The molecule has 2 heterocycles. The Bertz CT molecular complexity index is 443. The Hall–Kier alpha value is -1.55. The molecule has 0 radical (unpaired) electrons. The van der Waals surface area contributed by atoms with Gasteiger partial charge in [-0.25, -0.2) is 0 Å². The SMILES string of the molecule is O=C(COc1ccccc1)N1CCCC1C1CCCN1. The van der Waals surface area contributed by atoms with Crippen LogP contribution in [-0.2, 0) is 4.79 Å². The van der Waals surface area contributed by atoms with Crippen LogP contribution in [0.3, 0.4) is 0 Å². The number of benzene rings is 1. The second kappa shape index (κ2) is 6.27. The molecular weight excluding hydrogens is 252 g/mol. The van der Waals surface area contributed by atoms with Crippen molar-refractivity contribution in [2.24, 2.45) is 0 Å². The summed E-state index contributed by atoms with van der Waals surface area (Å²) >= 11 is 0. The minimum absolute atomic E-state index is 0.116. The zero-order chi connectivity index (χ0) is 13.8. The maximum Gasteiger partial charge on any atom is 0.260 e. The third-order valence-corrected chi connectivity index (χ3v) is 4.29. The van der Waals surface area contributed by atoms with Crippen LogP contribution in [0.2, 0.25) is 0 Å². The summed E-state index contributed by atoms with van der Waals surface area (Å²) in [5.74, 6) is 0.876. The van der Waals surface area contributed by atoms with Crippen molar-refractivity contribution >= 4 is 5.91 Å². The zero-order valence-electron chi connectivity index (χ0n) is 11.8. The number of hydrogen-bond acceptors (Lipinski definition) is 3. The molecule has 1 amide bonds. The van der Waals surface area contributed by atoms with Crippen molar-refractivity contribution in [2.45, 2.75) is 37.8 Å². The molecule has 4 nitrogen and oxygen atoms in total. The van der Waals surface area contributed by atoms with Crippen molar-refractivity contribution in [3.63, 3.8) is 0 Å². The normalized spacial score (nSPS) is 25.9. The summed E-state index contributed by atoms with van der Waals surface area (Å²) in [4.78, 5) is 14.4. The van der Waals surface area contributed by atoms with Crippen LogP contribution in [0.25, 0.3) is 0 Å². The van der Waals surface area contributed by atoms with Gasteiger partial charge in [0.15, 0.2) is 6.61 Å². The summed E-state index contributed by atoms with van der Waals surface area (Å²) in [7, 11) is 0. The Balaban J connectivity index is 1.55. The van der Waals surface area contributed by atoms with Gasteiger partial charge < -0.3 is 15.0 Å². The Labute approximate surface area is 120 Å². The fraction of sp³-hybridized carbons (Fsp3) is 0.562. The number of amides is 1. The van der Waals surface area contributed by atoms with Crippen molar-refractivity contribution in [1.29, 1.82) is 0 Å². The first kappa shape index (κ1) is 13.4. The largest absolute Gasteiger partial charge is 0.484 e. The van der Waals surface area contributed by atoms with Gasteiger partial charge in [-0.05, 0) is 44.4 Å². The Morgan fingerprint density at radius 2 is 2.10 bits per heavy atom. The monoisotopic (exact) mass is 274 g/mol. The van der Waals surface area contributed by atoms with E-state index in [2.05, 4.69) is 5.32 Å². The molecule has 2 fully saturated rings. The van der Waals surface area contributed by atoms with Gasteiger partial charge in [0.1, 0.15) is 5.75 Å². The smallest absolute Gasteiger partial charge is 0.260 e. The Kier molecular flexibility index (Phi) is 4.21. The van der Waals surface area contributed by atoms with Crippen LogP contribution in [0.1, 0.15) is 25.7 Å². The van der Waals surface area contributed by atoms with Crippen LogP contribution in [0.4, 0.5) is 0 Å². The number of hydrogen-bond donors (Lipinski definition) is 1. The molecule has 1 aromatic carbocycles. The molecule has 108 valence electrons. The summed E-state index contributed by atoms with van der Waals surface area (Å²) in [5, 5.41) is 3.52. The number of likely N-dealkylation sites (tertiary alicyclic amines) is 1. The lowest BCUT2D eigenvalue weighted by atomic mass is 10.0. The molecule has 2 aliphatic heterocycles. The van der Waals surface area contributed by atoms with Crippen LogP contribution >= 0.6 is 0 Å². The molecule has 3 rings (SSSR count). The number of ether oxygens (including phenoxy) is 1. The van der Waals surface area contributed by atoms with Gasteiger partial charge in [0.05, 0.1) is 0 Å². The average molecular weight is 274 g/mol. The van der Waals surface area contributed by atoms with Crippen LogP contribution in [-0.4, -0.2) is 42.6 Å². The lowest BCUT2D eigenvalue weighted by Crippen LogP contribution is -2.48. The second-order valence-corrected chi connectivity index (χ2v) is 5.60. The average Bonchev–Trinajstić information content (AvgIpc) is 3.15. The van der Waals surface area contributed by atoms with E-state index in [0.717, 1.165) is 31.7 Å².